The lowest BCUT2D eigenvalue weighted by molar-refractivity contribution is -0.122. The first-order valence-electron chi connectivity index (χ1n) is 8.71. The molecule has 26 heavy (non-hydrogen) atoms. The van der Waals surface area contributed by atoms with Crippen LogP contribution in [0.5, 0.6) is 0 Å². The minimum absolute atomic E-state index is 0.0198. The molecule has 1 aromatic heterocycles. The van der Waals surface area contributed by atoms with Crippen LogP contribution in [-0.2, 0) is 10.2 Å². The van der Waals surface area contributed by atoms with Crippen LogP contribution in [0.2, 0.25) is 0 Å². The molecule has 3 aromatic rings. The number of hydrogen-bond acceptors (Lipinski definition) is 3. The Morgan fingerprint density at radius 2 is 1.62 bits per heavy atom. The summed E-state index contributed by atoms with van der Waals surface area (Å²) in [5.74, 6) is -0.124. The van der Waals surface area contributed by atoms with Crippen molar-refractivity contribution in [2.24, 2.45) is 11.0 Å². The van der Waals surface area contributed by atoms with Crippen LogP contribution in [0, 0.1) is 5.92 Å². The highest BCUT2D eigenvalue weighted by Gasteiger charge is 2.60. The second kappa shape index (κ2) is 6.89. The first-order valence-corrected chi connectivity index (χ1v) is 9.59. The first-order chi connectivity index (χ1) is 12.7. The van der Waals surface area contributed by atoms with E-state index in [9.17, 15) is 4.79 Å². The van der Waals surface area contributed by atoms with Gasteiger partial charge in [-0.2, -0.15) is 5.10 Å². The molecular formula is C22H20N2OS. The zero-order chi connectivity index (χ0) is 18.0. The number of carbonyl (C=O) groups excluding carboxylic acids is 1. The molecular weight excluding hydrogens is 340 g/mol. The van der Waals surface area contributed by atoms with Crippen molar-refractivity contribution in [3.05, 3.63) is 94.2 Å². The summed E-state index contributed by atoms with van der Waals surface area (Å²) in [5.41, 5.74) is 5.73. The maximum absolute atomic E-state index is 12.8. The maximum Gasteiger partial charge on any atom is 0.244 e. The van der Waals surface area contributed by atoms with Gasteiger partial charge in [0.25, 0.3) is 0 Å². The smallest absolute Gasteiger partial charge is 0.244 e. The molecule has 0 spiro atoms. The number of benzene rings is 2. The maximum atomic E-state index is 12.8. The van der Waals surface area contributed by atoms with Crippen molar-refractivity contribution in [2.45, 2.75) is 18.8 Å². The van der Waals surface area contributed by atoms with Gasteiger partial charge in [-0.15, -0.1) is 11.3 Å². The summed E-state index contributed by atoms with van der Waals surface area (Å²) in [5, 5.41) is 6.32. The summed E-state index contributed by atoms with van der Waals surface area (Å²) in [7, 11) is 0. The van der Waals surface area contributed by atoms with E-state index in [-0.39, 0.29) is 17.2 Å². The van der Waals surface area contributed by atoms with E-state index in [0.717, 1.165) is 17.0 Å². The number of nitrogens with zero attached hydrogens (tertiary/aromatic N) is 1. The number of hydrazone groups is 1. The van der Waals surface area contributed by atoms with E-state index in [2.05, 4.69) is 34.8 Å². The third kappa shape index (κ3) is 2.97. The predicted molar refractivity (Wildman–Crippen MR) is 106 cm³/mol. The molecule has 2 aromatic carbocycles. The largest absolute Gasteiger partial charge is 0.273 e. The number of rotatable bonds is 5. The van der Waals surface area contributed by atoms with Gasteiger partial charge in [0.05, 0.1) is 11.6 Å². The molecule has 0 bridgehead atoms. The van der Waals surface area contributed by atoms with E-state index in [1.165, 1.54) is 11.1 Å². The highest BCUT2D eigenvalue weighted by atomic mass is 32.1. The van der Waals surface area contributed by atoms with Gasteiger partial charge >= 0.3 is 0 Å². The molecule has 0 radical (unpaired) electrons. The van der Waals surface area contributed by atoms with Crippen LogP contribution in [0.1, 0.15) is 29.3 Å². The molecule has 1 fully saturated rings. The third-order valence-corrected chi connectivity index (χ3v) is 6.05. The second-order valence-corrected chi connectivity index (χ2v) is 7.56. The zero-order valence-electron chi connectivity index (χ0n) is 14.6. The fraction of sp³-hybridized carbons (Fsp3) is 0.182. The van der Waals surface area contributed by atoms with Crippen molar-refractivity contribution < 1.29 is 4.79 Å². The van der Waals surface area contributed by atoms with Gasteiger partial charge in [0.1, 0.15) is 0 Å². The normalized spacial score (nSPS) is 18.3. The number of nitrogens with one attached hydrogen (secondary N) is 1. The van der Waals surface area contributed by atoms with E-state index in [0.29, 0.717) is 0 Å². The standard InChI is InChI=1S/C22H20N2OS/c1-16(20-13-8-14-26-20)23-24-21(25)19-15-22(19,17-9-4-2-5-10-17)18-11-6-3-7-12-18/h2-14,19H,15H2,1H3,(H,24,25)/t19-/m0/s1. The number of thiophene rings is 1. The minimum atomic E-state index is -0.251. The lowest BCUT2D eigenvalue weighted by Crippen LogP contribution is -2.26. The lowest BCUT2D eigenvalue weighted by atomic mass is 9.85. The van der Waals surface area contributed by atoms with Crippen molar-refractivity contribution >= 4 is 23.0 Å². The summed E-state index contributed by atoms with van der Waals surface area (Å²) in [6.45, 7) is 1.92. The molecule has 1 heterocycles. The van der Waals surface area contributed by atoms with Crippen LogP contribution in [0.25, 0.3) is 0 Å². The minimum Gasteiger partial charge on any atom is -0.273 e. The average Bonchev–Trinajstić information content (AvgIpc) is 3.23. The fourth-order valence-corrected chi connectivity index (χ4v) is 4.29. The molecule has 1 N–H and O–H groups in total. The van der Waals surface area contributed by atoms with Crippen LogP contribution in [0.15, 0.2) is 83.3 Å². The van der Waals surface area contributed by atoms with Gasteiger partial charge in [0.15, 0.2) is 0 Å². The summed E-state index contributed by atoms with van der Waals surface area (Å²) < 4.78 is 0. The van der Waals surface area contributed by atoms with Gasteiger partial charge in [-0.1, -0.05) is 66.7 Å². The summed E-state index contributed by atoms with van der Waals surface area (Å²) in [6.07, 6.45) is 0.806. The Morgan fingerprint density at radius 1 is 1.00 bits per heavy atom. The van der Waals surface area contributed by atoms with Crippen molar-refractivity contribution in [1.29, 1.82) is 0 Å². The van der Waals surface area contributed by atoms with Crippen LogP contribution in [0.3, 0.4) is 0 Å². The van der Waals surface area contributed by atoms with Crippen LogP contribution >= 0.6 is 11.3 Å². The van der Waals surface area contributed by atoms with Crippen LogP contribution in [-0.4, -0.2) is 11.6 Å². The molecule has 1 aliphatic carbocycles. The molecule has 1 aliphatic rings. The van der Waals surface area contributed by atoms with Gasteiger partial charge in [0, 0.05) is 10.3 Å². The first kappa shape index (κ1) is 16.7. The Morgan fingerprint density at radius 3 is 2.15 bits per heavy atom. The van der Waals surface area contributed by atoms with E-state index in [1.807, 2.05) is 60.8 Å². The quantitative estimate of drug-likeness (QED) is 0.524. The summed E-state index contributed by atoms with van der Waals surface area (Å²) in [4.78, 5) is 13.9. The van der Waals surface area contributed by atoms with Gasteiger partial charge in [-0.05, 0) is 35.9 Å². The van der Waals surface area contributed by atoms with Gasteiger partial charge in [-0.25, -0.2) is 5.43 Å². The summed E-state index contributed by atoms with van der Waals surface area (Å²) in [6, 6.07) is 24.6. The molecule has 1 atom stereocenters. The topological polar surface area (TPSA) is 41.5 Å². The number of hydrogen-bond donors (Lipinski definition) is 1. The zero-order valence-corrected chi connectivity index (χ0v) is 15.4. The van der Waals surface area contributed by atoms with Gasteiger partial charge in [-0.3, -0.25) is 4.79 Å². The molecule has 4 rings (SSSR count). The van der Waals surface area contributed by atoms with Crippen LogP contribution in [0.4, 0.5) is 0 Å². The number of amides is 1. The van der Waals surface area contributed by atoms with Gasteiger partial charge in [0.2, 0.25) is 5.91 Å². The second-order valence-electron chi connectivity index (χ2n) is 6.61. The van der Waals surface area contributed by atoms with E-state index >= 15 is 0 Å². The molecule has 3 nitrogen and oxygen atoms in total. The highest BCUT2D eigenvalue weighted by Crippen LogP contribution is 2.58. The highest BCUT2D eigenvalue weighted by molar-refractivity contribution is 7.12. The van der Waals surface area contributed by atoms with Crippen molar-refractivity contribution in [2.75, 3.05) is 0 Å². The fourth-order valence-electron chi connectivity index (χ4n) is 3.61. The summed E-state index contributed by atoms with van der Waals surface area (Å²) >= 11 is 1.62. The number of carbonyl (C=O) groups is 1. The molecule has 130 valence electrons. The van der Waals surface area contributed by atoms with Crippen molar-refractivity contribution in [1.82, 2.24) is 5.43 Å². The molecule has 1 saturated carbocycles. The molecule has 4 heteroatoms. The molecule has 0 aliphatic heterocycles. The Kier molecular flexibility index (Phi) is 4.43. The molecule has 0 unspecified atom stereocenters. The van der Waals surface area contributed by atoms with E-state index in [4.69, 9.17) is 0 Å². The van der Waals surface area contributed by atoms with Crippen LogP contribution < -0.4 is 5.43 Å². The third-order valence-electron chi connectivity index (χ3n) is 5.07. The van der Waals surface area contributed by atoms with E-state index in [1.54, 1.807) is 11.3 Å². The monoisotopic (exact) mass is 360 g/mol. The Bertz CT molecular complexity index is 878. The Hall–Kier alpha value is -2.72. The molecule has 1 amide bonds. The molecule has 0 saturated heterocycles. The SMILES string of the molecule is CC(=NNC(=O)[C@@H]1CC1(c1ccccc1)c1ccccc1)c1cccs1. The Balaban J connectivity index is 1.59. The van der Waals surface area contributed by atoms with Crippen molar-refractivity contribution in [3.63, 3.8) is 0 Å². The van der Waals surface area contributed by atoms with Gasteiger partial charge < -0.3 is 0 Å². The predicted octanol–water partition coefficient (Wildman–Crippen LogP) is 4.59. The lowest BCUT2D eigenvalue weighted by Gasteiger charge is -2.18. The average molecular weight is 360 g/mol. The Labute approximate surface area is 157 Å². The van der Waals surface area contributed by atoms with E-state index < -0.39 is 0 Å². The van der Waals surface area contributed by atoms with Crippen molar-refractivity contribution in [3.8, 4) is 0 Å².